The highest BCUT2D eigenvalue weighted by molar-refractivity contribution is 9.09. The van der Waals surface area contributed by atoms with Crippen LogP contribution in [0, 0.1) is 0 Å². The van der Waals surface area contributed by atoms with Crippen molar-refractivity contribution in [3.05, 3.63) is 24.3 Å². The van der Waals surface area contributed by atoms with Gasteiger partial charge in [0.15, 0.2) is 0 Å². The molecule has 0 bridgehead atoms. The molecule has 0 fully saturated rings. The molecule has 1 nitrogen and oxygen atoms in total. The van der Waals surface area contributed by atoms with Gasteiger partial charge < -0.3 is 4.74 Å². The quantitative estimate of drug-likeness (QED) is 0.585. The van der Waals surface area contributed by atoms with Crippen LogP contribution in [0.3, 0.4) is 0 Å². The standard InChI is InChI=1S/C8H9BrOS/c1-11-8-5-3-2-4-7(8)10-6-9/h2-5H,6H2,1H3. The van der Waals surface area contributed by atoms with Gasteiger partial charge in [-0.3, -0.25) is 0 Å². The van der Waals surface area contributed by atoms with E-state index in [0.717, 1.165) is 5.75 Å². The van der Waals surface area contributed by atoms with E-state index in [0.29, 0.717) is 5.52 Å². The first-order valence-electron chi connectivity index (χ1n) is 3.20. The summed E-state index contributed by atoms with van der Waals surface area (Å²) in [6.07, 6.45) is 2.04. The van der Waals surface area contributed by atoms with Crippen LogP contribution in [0.1, 0.15) is 0 Å². The normalized spacial score (nSPS) is 9.64. The zero-order valence-corrected chi connectivity index (χ0v) is 8.61. The summed E-state index contributed by atoms with van der Waals surface area (Å²) in [5, 5.41) is 0. The van der Waals surface area contributed by atoms with Crippen molar-refractivity contribution in [2.75, 3.05) is 11.8 Å². The summed E-state index contributed by atoms with van der Waals surface area (Å²) in [7, 11) is 0. The van der Waals surface area contributed by atoms with Crippen molar-refractivity contribution in [2.45, 2.75) is 4.90 Å². The number of para-hydroxylation sites is 1. The molecule has 0 aliphatic heterocycles. The molecule has 0 radical (unpaired) electrons. The minimum absolute atomic E-state index is 0.546. The molecule has 0 N–H and O–H groups in total. The lowest BCUT2D eigenvalue weighted by Gasteiger charge is -2.05. The van der Waals surface area contributed by atoms with Crippen molar-refractivity contribution in [3.8, 4) is 5.75 Å². The largest absolute Gasteiger partial charge is 0.481 e. The van der Waals surface area contributed by atoms with Gasteiger partial charge in [-0.15, -0.1) is 11.8 Å². The van der Waals surface area contributed by atoms with Crippen LogP contribution in [0.25, 0.3) is 0 Å². The Bertz CT molecular complexity index is 227. The number of halogens is 1. The fraction of sp³-hybridized carbons (Fsp3) is 0.250. The number of ether oxygens (including phenoxy) is 1. The highest BCUT2D eigenvalue weighted by Gasteiger charge is 1.98. The molecule has 0 aliphatic carbocycles. The topological polar surface area (TPSA) is 9.23 Å². The summed E-state index contributed by atoms with van der Waals surface area (Å²) < 4.78 is 5.32. The summed E-state index contributed by atoms with van der Waals surface area (Å²) in [4.78, 5) is 1.17. The molecular formula is C8H9BrOS. The number of hydrogen-bond acceptors (Lipinski definition) is 2. The van der Waals surface area contributed by atoms with Gasteiger partial charge in [-0.2, -0.15) is 0 Å². The second-order valence-corrected chi connectivity index (χ2v) is 3.21. The Morgan fingerprint density at radius 1 is 1.45 bits per heavy atom. The average Bonchev–Trinajstić information content (AvgIpc) is 2.06. The highest BCUT2D eigenvalue weighted by atomic mass is 79.9. The Morgan fingerprint density at radius 2 is 2.18 bits per heavy atom. The van der Waals surface area contributed by atoms with Gasteiger partial charge in [0.2, 0.25) is 0 Å². The van der Waals surface area contributed by atoms with Crippen LogP contribution in [-0.4, -0.2) is 11.8 Å². The second kappa shape index (κ2) is 4.67. The van der Waals surface area contributed by atoms with E-state index in [2.05, 4.69) is 15.9 Å². The van der Waals surface area contributed by atoms with Crippen LogP contribution in [-0.2, 0) is 0 Å². The minimum Gasteiger partial charge on any atom is -0.481 e. The maximum atomic E-state index is 5.32. The molecule has 0 aromatic heterocycles. The Morgan fingerprint density at radius 3 is 2.82 bits per heavy atom. The van der Waals surface area contributed by atoms with Crippen molar-refractivity contribution < 1.29 is 4.74 Å². The molecule has 0 heterocycles. The molecule has 0 aliphatic rings. The van der Waals surface area contributed by atoms with Gasteiger partial charge in [-0.25, -0.2) is 0 Å². The lowest BCUT2D eigenvalue weighted by molar-refractivity contribution is 0.388. The Labute approximate surface area is 79.3 Å². The van der Waals surface area contributed by atoms with E-state index < -0.39 is 0 Å². The Balaban J connectivity index is 2.83. The summed E-state index contributed by atoms with van der Waals surface area (Å²) in [5.41, 5.74) is 0.546. The smallest absolute Gasteiger partial charge is 0.143 e. The van der Waals surface area contributed by atoms with Crippen LogP contribution in [0.2, 0.25) is 0 Å². The predicted molar refractivity (Wildman–Crippen MR) is 52.6 cm³/mol. The van der Waals surface area contributed by atoms with Gasteiger partial charge in [-0.1, -0.05) is 12.1 Å². The molecule has 1 aromatic carbocycles. The first kappa shape index (κ1) is 8.94. The Hall–Kier alpha value is -0.150. The molecule has 11 heavy (non-hydrogen) atoms. The lowest BCUT2D eigenvalue weighted by atomic mass is 10.3. The van der Waals surface area contributed by atoms with E-state index in [1.165, 1.54) is 4.90 Å². The molecule has 3 heteroatoms. The van der Waals surface area contributed by atoms with Gasteiger partial charge in [0.25, 0.3) is 0 Å². The fourth-order valence-electron chi connectivity index (χ4n) is 0.797. The van der Waals surface area contributed by atoms with E-state index in [4.69, 9.17) is 4.74 Å². The number of thioether (sulfide) groups is 1. The van der Waals surface area contributed by atoms with E-state index in [1.54, 1.807) is 11.8 Å². The van der Waals surface area contributed by atoms with Gasteiger partial charge >= 0.3 is 0 Å². The van der Waals surface area contributed by atoms with Gasteiger partial charge in [-0.05, 0) is 34.3 Å². The summed E-state index contributed by atoms with van der Waals surface area (Å²) >= 11 is 4.91. The maximum Gasteiger partial charge on any atom is 0.143 e. The van der Waals surface area contributed by atoms with Crippen LogP contribution >= 0.6 is 27.7 Å². The molecule has 0 unspecified atom stereocenters. The van der Waals surface area contributed by atoms with E-state index >= 15 is 0 Å². The molecule has 0 spiro atoms. The van der Waals surface area contributed by atoms with Gasteiger partial charge in [0.05, 0.1) is 0 Å². The van der Waals surface area contributed by atoms with E-state index in [9.17, 15) is 0 Å². The first-order chi connectivity index (χ1) is 5.38. The molecule has 0 atom stereocenters. The molecule has 1 rings (SSSR count). The third-order valence-corrected chi connectivity index (χ3v) is 2.29. The fourth-order valence-corrected chi connectivity index (χ4v) is 1.59. The molecule has 0 saturated carbocycles. The van der Waals surface area contributed by atoms with E-state index in [-0.39, 0.29) is 0 Å². The monoisotopic (exact) mass is 232 g/mol. The predicted octanol–water partition coefficient (Wildman–Crippen LogP) is 3.14. The highest BCUT2D eigenvalue weighted by Crippen LogP contribution is 2.26. The van der Waals surface area contributed by atoms with Crippen molar-refractivity contribution >= 4 is 27.7 Å². The summed E-state index contributed by atoms with van der Waals surface area (Å²) in [6.45, 7) is 0. The number of alkyl halides is 1. The van der Waals surface area contributed by atoms with Crippen LogP contribution in [0.15, 0.2) is 29.2 Å². The van der Waals surface area contributed by atoms with Gasteiger partial charge in [0.1, 0.15) is 11.3 Å². The SMILES string of the molecule is CSc1ccccc1OCBr. The van der Waals surface area contributed by atoms with Gasteiger partial charge in [0, 0.05) is 4.90 Å². The Kier molecular flexibility index (Phi) is 3.80. The lowest BCUT2D eigenvalue weighted by Crippen LogP contribution is -1.89. The second-order valence-electron chi connectivity index (χ2n) is 1.90. The molecule has 60 valence electrons. The van der Waals surface area contributed by atoms with Crippen molar-refractivity contribution in [2.24, 2.45) is 0 Å². The van der Waals surface area contributed by atoms with E-state index in [1.807, 2.05) is 30.5 Å². The van der Waals surface area contributed by atoms with Crippen molar-refractivity contribution in [1.29, 1.82) is 0 Å². The van der Waals surface area contributed by atoms with Crippen molar-refractivity contribution in [3.63, 3.8) is 0 Å². The average molecular weight is 233 g/mol. The zero-order chi connectivity index (χ0) is 8.10. The summed E-state index contributed by atoms with van der Waals surface area (Å²) in [5.74, 6) is 0.942. The van der Waals surface area contributed by atoms with Crippen molar-refractivity contribution in [1.82, 2.24) is 0 Å². The number of rotatable bonds is 3. The third-order valence-electron chi connectivity index (χ3n) is 1.28. The molecular weight excluding hydrogens is 224 g/mol. The van der Waals surface area contributed by atoms with Crippen LogP contribution < -0.4 is 4.74 Å². The third kappa shape index (κ3) is 2.42. The summed E-state index contributed by atoms with van der Waals surface area (Å²) in [6, 6.07) is 7.99. The first-order valence-corrected chi connectivity index (χ1v) is 5.55. The zero-order valence-electron chi connectivity index (χ0n) is 6.21. The van der Waals surface area contributed by atoms with Crippen LogP contribution in [0.4, 0.5) is 0 Å². The molecule has 0 saturated heterocycles. The maximum absolute atomic E-state index is 5.32. The molecule has 1 aromatic rings. The van der Waals surface area contributed by atoms with Crippen LogP contribution in [0.5, 0.6) is 5.75 Å². The molecule has 0 amide bonds. The number of hydrogen-bond donors (Lipinski definition) is 0. The minimum atomic E-state index is 0.546. The number of benzene rings is 1.